The van der Waals surface area contributed by atoms with E-state index in [1.165, 1.54) is 0 Å². The molecule has 2 aromatic rings. The summed E-state index contributed by atoms with van der Waals surface area (Å²) in [4.78, 5) is 18.8. The Morgan fingerprint density at radius 3 is 2.45 bits per heavy atom. The molecular weight excluding hydrogens is 388 g/mol. The zero-order valence-electron chi connectivity index (χ0n) is 17.9. The number of ketones is 1. The summed E-state index contributed by atoms with van der Waals surface area (Å²) in [5.41, 5.74) is 2.21. The highest BCUT2D eigenvalue weighted by Crippen LogP contribution is 2.25. The minimum absolute atomic E-state index is 0.232. The number of sulfone groups is 1. The highest BCUT2D eigenvalue weighted by atomic mass is 32.2. The maximum atomic E-state index is 12.5. The van der Waals surface area contributed by atoms with E-state index in [4.69, 9.17) is 4.42 Å². The summed E-state index contributed by atoms with van der Waals surface area (Å²) in [6.07, 6.45) is 1.91. The van der Waals surface area contributed by atoms with Crippen molar-refractivity contribution in [3.8, 4) is 11.5 Å². The first-order chi connectivity index (χ1) is 13.8. The maximum Gasteiger partial charge on any atom is 0.226 e. The Kier molecular flexibility index (Phi) is 8.59. The Balaban J connectivity index is 1.92. The molecule has 0 bridgehead atoms. The molecule has 0 amide bonds. The molecule has 0 spiro atoms. The van der Waals surface area contributed by atoms with Crippen LogP contribution in [0.4, 0.5) is 0 Å². The van der Waals surface area contributed by atoms with E-state index in [0.29, 0.717) is 30.2 Å². The lowest BCUT2D eigenvalue weighted by Gasteiger charge is -2.17. The van der Waals surface area contributed by atoms with Gasteiger partial charge in [0.2, 0.25) is 5.89 Å². The van der Waals surface area contributed by atoms with Crippen LogP contribution in [0.1, 0.15) is 50.1 Å². The largest absolute Gasteiger partial charge is 0.441 e. The first kappa shape index (κ1) is 23.3. The van der Waals surface area contributed by atoms with Gasteiger partial charge in [-0.3, -0.25) is 4.79 Å². The van der Waals surface area contributed by atoms with Gasteiger partial charge in [0.25, 0.3) is 0 Å². The van der Waals surface area contributed by atoms with E-state index < -0.39 is 15.6 Å². The van der Waals surface area contributed by atoms with Crippen LogP contribution in [0.25, 0.3) is 11.5 Å². The molecular formula is C22H32N2O4S. The summed E-state index contributed by atoms with van der Waals surface area (Å²) in [5, 5.41) is 0. The summed E-state index contributed by atoms with van der Waals surface area (Å²) in [6, 6.07) is 7.65. The number of aryl methyl sites for hydroxylation is 2. The third-order valence-electron chi connectivity index (χ3n) is 5.08. The molecule has 0 fully saturated rings. The lowest BCUT2D eigenvalue weighted by molar-refractivity contribution is -0.116. The Hall–Kier alpha value is -1.99. The fourth-order valence-corrected chi connectivity index (χ4v) is 4.69. The molecule has 1 aromatic carbocycles. The van der Waals surface area contributed by atoms with Crippen LogP contribution in [0.3, 0.4) is 0 Å². The fraction of sp³-hybridized carbons (Fsp3) is 0.545. The Morgan fingerprint density at radius 2 is 1.79 bits per heavy atom. The van der Waals surface area contributed by atoms with E-state index in [1.54, 1.807) is 6.92 Å². The van der Waals surface area contributed by atoms with Crippen LogP contribution in [0.5, 0.6) is 0 Å². The second-order valence-electron chi connectivity index (χ2n) is 7.39. The summed E-state index contributed by atoms with van der Waals surface area (Å²) in [5.74, 6) is -0.0687. The summed E-state index contributed by atoms with van der Waals surface area (Å²) >= 11 is 0. The van der Waals surface area contributed by atoms with Crippen molar-refractivity contribution in [2.75, 3.05) is 25.4 Å². The first-order valence-corrected chi connectivity index (χ1v) is 12.0. The Labute approximate surface area is 174 Å². The van der Waals surface area contributed by atoms with Crippen LogP contribution in [0.2, 0.25) is 0 Å². The van der Waals surface area contributed by atoms with Gasteiger partial charge in [-0.05, 0) is 58.0 Å². The van der Waals surface area contributed by atoms with Crippen molar-refractivity contribution < 1.29 is 17.6 Å². The van der Waals surface area contributed by atoms with Gasteiger partial charge in [-0.25, -0.2) is 13.4 Å². The van der Waals surface area contributed by atoms with Crippen molar-refractivity contribution in [3.63, 3.8) is 0 Å². The lowest BCUT2D eigenvalue weighted by Crippen LogP contribution is -2.24. The molecule has 7 heteroatoms. The molecule has 0 aliphatic heterocycles. The molecule has 0 aliphatic rings. The SMILES string of the molecule is CCN(CC)CCCCC(=O)CS(=O)(=O)Cc1nc(-c2ccccc2C)oc1C. The first-order valence-electron chi connectivity index (χ1n) is 10.2. The molecule has 0 saturated carbocycles. The number of unbranched alkanes of at least 4 members (excludes halogenated alkanes) is 1. The normalized spacial score (nSPS) is 11.9. The van der Waals surface area contributed by atoms with Crippen molar-refractivity contribution >= 4 is 15.6 Å². The van der Waals surface area contributed by atoms with Crippen molar-refractivity contribution in [2.24, 2.45) is 0 Å². The average Bonchev–Trinajstić information content (AvgIpc) is 3.01. The second kappa shape index (κ2) is 10.7. The molecule has 2 rings (SSSR count). The van der Waals surface area contributed by atoms with Crippen LogP contribution in [0, 0.1) is 13.8 Å². The van der Waals surface area contributed by atoms with E-state index in [1.807, 2.05) is 31.2 Å². The highest BCUT2D eigenvalue weighted by Gasteiger charge is 2.22. The molecule has 0 N–H and O–H groups in total. The van der Waals surface area contributed by atoms with Gasteiger partial charge in [-0.15, -0.1) is 0 Å². The fourth-order valence-electron chi connectivity index (χ4n) is 3.26. The second-order valence-corrected chi connectivity index (χ2v) is 9.46. The molecule has 1 heterocycles. The topological polar surface area (TPSA) is 80.5 Å². The van der Waals surface area contributed by atoms with E-state index in [0.717, 1.165) is 37.2 Å². The number of hydrogen-bond acceptors (Lipinski definition) is 6. The van der Waals surface area contributed by atoms with Gasteiger partial charge in [0.1, 0.15) is 17.3 Å². The lowest BCUT2D eigenvalue weighted by atomic mass is 10.1. The number of oxazole rings is 1. The minimum atomic E-state index is -3.58. The van der Waals surface area contributed by atoms with Crippen molar-refractivity contribution in [3.05, 3.63) is 41.3 Å². The summed E-state index contributed by atoms with van der Waals surface area (Å²) in [7, 11) is -3.58. The standard InChI is InChI=1S/C22H32N2O4S/c1-5-24(6-2)14-10-9-12-19(25)15-29(26,27)16-21-18(4)28-22(23-21)20-13-8-7-11-17(20)3/h7-8,11,13H,5-6,9-10,12,14-16H2,1-4H3. The van der Waals surface area contributed by atoms with Crippen LogP contribution in [-0.4, -0.2) is 49.5 Å². The predicted octanol–water partition coefficient (Wildman–Crippen LogP) is 3.95. The highest BCUT2D eigenvalue weighted by molar-refractivity contribution is 7.91. The van der Waals surface area contributed by atoms with Gasteiger partial charge in [0.15, 0.2) is 9.84 Å². The number of aromatic nitrogens is 1. The number of hydrogen-bond donors (Lipinski definition) is 0. The number of carbonyl (C=O) groups excluding carboxylic acids is 1. The minimum Gasteiger partial charge on any atom is -0.441 e. The molecule has 0 atom stereocenters. The Morgan fingerprint density at radius 1 is 1.10 bits per heavy atom. The summed E-state index contributed by atoms with van der Waals surface area (Å²) < 4.78 is 30.7. The van der Waals surface area contributed by atoms with E-state index in [9.17, 15) is 13.2 Å². The van der Waals surface area contributed by atoms with Crippen LogP contribution in [0.15, 0.2) is 28.7 Å². The van der Waals surface area contributed by atoms with Crippen LogP contribution >= 0.6 is 0 Å². The van der Waals surface area contributed by atoms with Gasteiger partial charge in [-0.1, -0.05) is 32.0 Å². The number of Topliss-reactive ketones (excluding diaryl/α,β-unsaturated/α-hetero) is 1. The smallest absolute Gasteiger partial charge is 0.226 e. The zero-order valence-corrected chi connectivity index (χ0v) is 18.7. The molecule has 0 radical (unpaired) electrons. The van der Waals surface area contributed by atoms with Gasteiger partial charge >= 0.3 is 0 Å². The molecule has 6 nitrogen and oxygen atoms in total. The number of carbonyl (C=O) groups is 1. The van der Waals surface area contributed by atoms with Gasteiger partial charge in [-0.2, -0.15) is 0 Å². The van der Waals surface area contributed by atoms with Crippen molar-refractivity contribution in [1.29, 1.82) is 0 Å². The Bertz CT molecular complexity index is 915. The summed E-state index contributed by atoms with van der Waals surface area (Å²) in [6.45, 7) is 10.8. The monoisotopic (exact) mass is 420 g/mol. The van der Waals surface area contributed by atoms with E-state index in [2.05, 4.69) is 23.7 Å². The number of rotatable bonds is 12. The van der Waals surface area contributed by atoms with Crippen molar-refractivity contribution in [2.45, 2.75) is 52.7 Å². The van der Waals surface area contributed by atoms with E-state index in [-0.39, 0.29) is 11.5 Å². The van der Waals surface area contributed by atoms with Crippen LogP contribution < -0.4 is 0 Å². The molecule has 0 saturated heterocycles. The molecule has 29 heavy (non-hydrogen) atoms. The molecule has 160 valence electrons. The quantitative estimate of drug-likeness (QED) is 0.484. The van der Waals surface area contributed by atoms with Gasteiger partial charge in [0, 0.05) is 12.0 Å². The molecule has 1 aromatic heterocycles. The van der Waals surface area contributed by atoms with Gasteiger partial charge < -0.3 is 9.32 Å². The van der Waals surface area contributed by atoms with Crippen LogP contribution in [-0.2, 0) is 20.4 Å². The maximum absolute atomic E-state index is 12.5. The predicted molar refractivity (Wildman–Crippen MR) is 116 cm³/mol. The average molecular weight is 421 g/mol. The number of benzene rings is 1. The third kappa shape index (κ3) is 7.08. The zero-order chi connectivity index (χ0) is 21.4. The van der Waals surface area contributed by atoms with Crippen molar-refractivity contribution in [1.82, 2.24) is 9.88 Å². The van der Waals surface area contributed by atoms with Gasteiger partial charge in [0.05, 0.1) is 11.4 Å². The molecule has 0 unspecified atom stereocenters. The number of nitrogens with zero attached hydrogens (tertiary/aromatic N) is 2. The van der Waals surface area contributed by atoms with E-state index >= 15 is 0 Å². The third-order valence-corrected chi connectivity index (χ3v) is 6.56. The molecule has 0 aliphatic carbocycles.